The molecule has 6 nitrogen and oxygen atoms in total. The Morgan fingerprint density at radius 3 is 2.34 bits per heavy atom. The van der Waals surface area contributed by atoms with Gasteiger partial charge in [0.25, 0.3) is 0 Å². The van der Waals surface area contributed by atoms with Crippen molar-refractivity contribution in [2.45, 2.75) is 64.3 Å². The van der Waals surface area contributed by atoms with Crippen molar-refractivity contribution < 1.29 is 22.6 Å². The average molecular weight is 487 g/mol. The van der Waals surface area contributed by atoms with Crippen LogP contribution in [0.5, 0.6) is 11.5 Å². The van der Waals surface area contributed by atoms with Crippen LogP contribution in [0.15, 0.2) is 54.7 Å². The van der Waals surface area contributed by atoms with Gasteiger partial charge in [-0.15, -0.1) is 0 Å². The van der Waals surface area contributed by atoms with Gasteiger partial charge in [0.15, 0.2) is 0 Å². The standard InChI is InChI=1S/C26H29F3N4O2/c1-17(2)34-23-11-7-6-10-22(23)32-24-21(26(27,28)29)16-30-25(33-24)31-18-12-14-20(15-13-18)35-19-8-4-3-5-9-19/h6-7,10-17,19H,3-5,8-9H2,1-2H3,(H2,30,31,32,33). The van der Waals surface area contributed by atoms with Crippen molar-refractivity contribution in [1.29, 1.82) is 0 Å². The molecular weight excluding hydrogens is 457 g/mol. The van der Waals surface area contributed by atoms with Gasteiger partial charge >= 0.3 is 6.18 Å². The Morgan fingerprint density at radius 2 is 1.66 bits per heavy atom. The molecule has 0 spiro atoms. The third-order valence-electron chi connectivity index (χ3n) is 5.56. The molecule has 4 rings (SSSR count). The fraction of sp³-hybridized carbons (Fsp3) is 0.385. The molecule has 1 aliphatic carbocycles. The molecule has 2 N–H and O–H groups in total. The highest BCUT2D eigenvalue weighted by atomic mass is 19.4. The zero-order valence-corrected chi connectivity index (χ0v) is 19.7. The summed E-state index contributed by atoms with van der Waals surface area (Å²) < 4.78 is 52.8. The first-order valence-electron chi connectivity index (χ1n) is 11.8. The van der Waals surface area contributed by atoms with Crippen LogP contribution in [0, 0.1) is 0 Å². The highest BCUT2D eigenvalue weighted by molar-refractivity contribution is 5.67. The Labute approximate surface area is 202 Å². The third-order valence-corrected chi connectivity index (χ3v) is 5.56. The van der Waals surface area contributed by atoms with Crippen molar-refractivity contribution in [2.24, 2.45) is 0 Å². The van der Waals surface area contributed by atoms with Gasteiger partial charge in [0.2, 0.25) is 5.95 Å². The van der Waals surface area contributed by atoms with Gasteiger partial charge in [-0.1, -0.05) is 18.6 Å². The maximum atomic E-state index is 13.7. The lowest BCUT2D eigenvalue weighted by Crippen LogP contribution is -2.19. The molecule has 1 heterocycles. The number of aromatic nitrogens is 2. The molecule has 0 saturated heterocycles. The Morgan fingerprint density at radius 1 is 0.943 bits per heavy atom. The molecule has 0 unspecified atom stereocenters. The summed E-state index contributed by atoms with van der Waals surface area (Å²) in [5.41, 5.74) is 0.0365. The van der Waals surface area contributed by atoms with Gasteiger partial charge in [0.1, 0.15) is 22.9 Å². The maximum absolute atomic E-state index is 13.7. The summed E-state index contributed by atoms with van der Waals surface area (Å²) in [6.45, 7) is 3.69. The van der Waals surface area contributed by atoms with E-state index in [0.717, 1.165) is 24.8 Å². The number of hydrogen-bond donors (Lipinski definition) is 2. The van der Waals surface area contributed by atoms with Crippen LogP contribution in [-0.4, -0.2) is 22.2 Å². The highest BCUT2D eigenvalue weighted by Crippen LogP contribution is 2.37. The summed E-state index contributed by atoms with van der Waals surface area (Å²) in [5, 5.41) is 5.75. The maximum Gasteiger partial charge on any atom is 0.421 e. The van der Waals surface area contributed by atoms with Gasteiger partial charge in [-0.3, -0.25) is 0 Å². The second kappa shape index (κ2) is 10.8. The number of nitrogens with zero attached hydrogens (tertiary/aromatic N) is 2. The van der Waals surface area contributed by atoms with Crippen LogP contribution in [0.1, 0.15) is 51.5 Å². The number of benzene rings is 2. The van der Waals surface area contributed by atoms with Crippen molar-refractivity contribution >= 4 is 23.1 Å². The molecule has 1 aliphatic rings. The molecule has 9 heteroatoms. The molecule has 0 atom stereocenters. The Hall–Kier alpha value is -3.49. The van der Waals surface area contributed by atoms with E-state index in [1.807, 2.05) is 26.0 Å². The zero-order chi connectivity index (χ0) is 24.8. The summed E-state index contributed by atoms with van der Waals surface area (Å²) in [7, 11) is 0. The van der Waals surface area contributed by atoms with Crippen LogP contribution in [0.4, 0.5) is 36.3 Å². The van der Waals surface area contributed by atoms with E-state index in [0.29, 0.717) is 17.1 Å². The van der Waals surface area contributed by atoms with E-state index in [2.05, 4.69) is 20.6 Å². The first-order chi connectivity index (χ1) is 16.8. The van der Waals surface area contributed by atoms with E-state index < -0.39 is 11.7 Å². The Kier molecular flexibility index (Phi) is 7.63. The summed E-state index contributed by atoms with van der Waals surface area (Å²) in [6, 6.07) is 14.0. The number of hydrogen-bond acceptors (Lipinski definition) is 6. The molecule has 0 bridgehead atoms. The minimum Gasteiger partial charge on any atom is -0.490 e. The van der Waals surface area contributed by atoms with Gasteiger partial charge in [-0.25, -0.2) is 4.98 Å². The number of halogens is 3. The number of para-hydroxylation sites is 2. The van der Waals surface area contributed by atoms with Gasteiger partial charge in [0, 0.05) is 11.9 Å². The number of rotatable bonds is 8. The average Bonchev–Trinajstić information content (AvgIpc) is 2.81. The van der Waals surface area contributed by atoms with Crippen LogP contribution in [0.3, 0.4) is 0 Å². The van der Waals surface area contributed by atoms with E-state index in [1.54, 1.807) is 36.4 Å². The molecule has 1 aromatic heterocycles. The molecule has 1 saturated carbocycles. The molecule has 186 valence electrons. The van der Waals surface area contributed by atoms with E-state index in [4.69, 9.17) is 9.47 Å². The fourth-order valence-corrected chi connectivity index (χ4v) is 3.92. The molecule has 0 radical (unpaired) electrons. The third kappa shape index (κ3) is 6.77. The van der Waals surface area contributed by atoms with Crippen LogP contribution in [-0.2, 0) is 6.18 Å². The molecule has 1 fully saturated rings. The van der Waals surface area contributed by atoms with Crippen molar-refractivity contribution in [1.82, 2.24) is 9.97 Å². The normalized spacial score (nSPS) is 14.6. The fourth-order valence-electron chi connectivity index (χ4n) is 3.92. The quantitative estimate of drug-likeness (QED) is 0.344. The summed E-state index contributed by atoms with van der Waals surface area (Å²) in [5.74, 6) is 0.855. The Bertz CT molecular complexity index is 1110. The molecular formula is C26H29F3N4O2. The van der Waals surface area contributed by atoms with E-state index in [9.17, 15) is 13.2 Å². The lowest BCUT2D eigenvalue weighted by atomic mass is 9.98. The molecule has 3 aromatic rings. The number of anilines is 4. The van der Waals surface area contributed by atoms with Crippen molar-refractivity contribution in [3.05, 3.63) is 60.3 Å². The summed E-state index contributed by atoms with van der Waals surface area (Å²) in [6.07, 6.45) is 1.95. The van der Waals surface area contributed by atoms with E-state index >= 15 is 0 Å². The Balaban J connectivity index is 1.53. The van der Waals surface area contributed by atoms with Gasteiger partial charge < -0.3 is 20.1 Å². The lowest BCUT2D eigenvalue weighted by Gasteiger charge is -2.23. The van der Waals surface area contributed by atoms with Crippen molar-refractivity contribution in [3.8, 4) is 11.5 Å². The minimum atomic E-state index is -4.63. The first kappa shape index (κ1) is 24.6. The lowest BCUT2D eigenvalue weighted by molar-refractivity contribution is -0.137. The molecule has 35 heavy (non-hydrogen) atoms. The van der Waals surface area contributed by atoms with E-state index in [1.165, 1.54) is 19.3 Å². The topological polar surface area (TPSA) is 68.3 Å². The van der Waals surface area contributed by atoms with Crippen molar-refractivity contribution in [3.63, 3.8) is 0 Å². The number of nitrogens with one attached hydrogen (secondary N) is 2. The van der Waals surface area contributed by atoms with Gasteiger partial charge in [-0.2, -0.15) is 18.2 Å². The second-order valence-corrected chi connectivity index (χ2v) is 8.77. The number of ether oxygens (including phenoxy) is 2. The molecule has 0 amide bonds. The van der Waals surface area contributed by atoms with Crippen LogP contribution >= 0.6 is 0 Å². The zero-order valence-electron chi connectivity index (χ0n) is 19.7. The SMILES string of the molecule is CC(C)Oc1ccccc1Nc1nc(Nc2ccc(OC3CCCCC3)cc2)ncc1C(F)(F)F. The van der Waals surface area contributed by atoms with E-state index in [-0.39, 0.29) is 24.0 Å². The smallest absolute Gasteiger partial charge is 0.421 e. The highest BCUT2D eigenvalue weighted by Gasteiger charge is 2.35. The van der Waals surface area contributed by atoms with Gasteiger partial charge in [0.05, 0.1) is 17.9 Å². The first-order valence-corrected chi connectivity index (χ1v) is 11.8. The second-order valence-electron chi connectivity index (χ2n) is 8.77. The largest absolute Gasteiger partial charge is 0.490 e. The monoisotopic (exact) mass is 486 g/mol. The van der Waals surface area contributed by atoms with Crippen LogP contribution in [0.25, 0.3) is 0 Å². The molecule has 2 aromatic carbocycles. The predicted molar refractivity (Wildman–Crippen MR) is 130 cm³/mol. The van der Waals surface area contributed by atoms with Crippen molar-refractivity contribution in [2.75, 3.05) is 10.6 Å². The minimum absolute atomic E-state index is 0.0312. The van der Waals surface area contributed by atoms with Gasteiger partial charge in [-0.05, 0) is 75.9 Å². The van der Waals surface area contributed by atoms with Crippen LogP contribution < -0.4 is 20.1 Å². The van der Waals surface area contributed by atoms with Crippen LogP contribution in [0.2, 0.25) is 0 Å². The predicted octanol–water partition coefficient (Wildman–Crippen LogP) is 7.48. The number of alkyl halides is 3. The summed E-state index contributed by atoms with van der Waals surface area (Å²) in [4.78, 5) is 8.01. The molecule has 0 aliphatic heterocycles. The summed E-state index contributed by atoms with van der Waals surface area (Å²) >= 11 is 0.